The first-order valence-electron chi connectivity index (χ1n) is 6.43. The van der Waals surface area contributed by atoms with Gasteiger partial charge >= 0.3 is 0 Å². The van der Waals surface area contributed by atoms with E-state index in [1.165, 1.54) is 6.07 Å². The molecule has 0 aliphatic rings. The highest BCUT2D eigenvalue weighted by Crippen LogP contribution is 2.15. The molecule has 1 aromatic heterocycles. The smallest absolute Gasteiger partial charge is 0.126 e. The highest BCUT2D eigenvalue weighted by molar-refractivity contribution is 5.73. The maximum Gasteiger partial charge on any atom is 0.126 e. The van der Waals surface area contributed by atoms with Gasteiger partial charge in [-0.15, -0.1) is 0 Å². The van der Waals surface area contributed by atoms with E-state index in [4.69, 9.17) is 0 Å². The van der Waals surface area contributed by atoms with E-state index >= 15 is 0 Å². The molecule has 20 heavy (non-hydrogen) atoms. The number of aryl methyl sites for hydroxylation is 1. The van der Waals surface area contributed by atoms with Crippen LogP contribution in [0.1, 0.15) is 11.3 Å². The van der Waals surface area contributed by atoms with Gasteiger partial charge in [0.2, 0.25) is 0 Å². The van der Waals surface area contributed by atoms with E-state index in [0.717, 1.165) is 22.4 Å². The van der Waals surface area contributed by atoms with Crippen LogP contribution in [0.3, 0.4) is 0 Å². The normalized spacial score (nSPS) is 10.7. The summed E-state index contributed by atoms with van der Waals surface area (Å²) in [5.74, 6) is -0.193. The average molecular weight is 267 g/mol. The van der Waals surface area contributed by atoms with E-state index in [2.05, 4.69) is 15.3 Å². The van der Waals surface area contributed by atoms with Crippen molar-refractivity contribution >= 4 is 16.7 Å². The Balaban J connectivity index is 1.77. The van der Waals surface area contributed by atoms with Crippen molar-refractivity contribution in [3.8, 4) is 0 Å². The van der Waals surface area contributed by atoms with Crippen molar-refractivity contribution in [3.05, 3.63) is 65.7 Å². The van der Waals surface area contributed by atoms with Crippen LogP contribution in [0.2, 0.25) is 0 Å². The number of benzene rings is 2. The van der Waals surface area contributed by atoms with E-state index in [1.807, 2.05) is 24.3 Å². The van der Waals surface area contributed by atoms with E-state index in [1.54, 1.807) is 25.3 Å². The minimum absolute atomic E-state index is 0.193. The number of aromatic nitrogens is 2. The second kappa shape index (κ2) is 5.25. The van der Waals surface area contributed by atoms with Gasteiger partial charge in [0.25, 0.3) is 0 Å². The molecule has 100 valence electrons. The van der Waals surface area contributed by atoms with Crippen molar-refractivity contribution in [3.63, 3.8) is 0 Å². The molecule has 4 heteroatoms. The van der Waals surface area contributed by atoms with Crippen molar-refractivity contribution in [2.45, 2.75) is 13.5 Å². The number of halogens is 1. The summed E-state index contributed by atoms with van der Waals surface area (Å²) in [7, 11) is 0. The predicted octanol–water partition coefficient (Wildman–Crippen LogP) is 3.69. The van der Waals surface area contributed by atoms with Crippen LogP contribution in [0.4, 0.5) is 10.1 Å². The summed E-state index contributed by atoms with van der Waals surface area (Å²) >= 11 is 0. The zero-order chi connectivity index (χ0) is 13.9. The Labute approximate surface area is 116 Å². The largest absolute Gasteiger partial charge is 0.379 e. The number of rotatable bonds is 3. The number of fused-ring (bicyclic) bond motifs is 1. The summed E-state index contributed by atoms with van der Waals surface area (Å²) in [5, 5.41) is 3.22. The molecule has 0 fully saturated rings. The standard InChI is InChI=1S/C16H14FN3/c1-11-8-12(6-7-14(11)17)18-9-13-10-19-15-4-2-3-5-16(15)20-13/h2-8,10,18H,9H2,1H3. The van der Waals surface area contributed by atoms with Gasteiger partial charge in [0.05, 0.1) is 29.5 Å². The number of hydrogen-bond acceptors (Lipinski definition) is 3. The molecule has 0 bridgehead atoms. The van der Waals surface area contributed by atoms with Gasteiger partial charge in [-0.05, 0) is 42.8 Å². The summed E-state index contributed by atoms with van der Waals surface area (Å²) in [4.78, 5) is 8.89. The summed E-state index contributed by atoms with van der Waals surface area (Å²) in [6, 6.07) is 12.7. The lowest BCUT2D eigenvalue weighted by atomic mass is 10.2. The van der Waals surface area contributed by atoms with Gasteiger partial charge in [-0.2, -0.15) is 0 Å². The van der Waals surface area contributed by atoms with Crippen LogP contribution in [0.25, 0.3) is 11.0 Å². The maximum absolute atomic E-state index is 13.2. The fourth-order valence-corrected chi connectivity index (χ4v) is 2.03. The molecule has 0 spiro atoms. The number of nitrogens with zero attached hydrogens (tertiary/aromatic N) is 2. The Morgan fingerprint density at radius 1 is 1.10 bits per heavy atom. The second-order valence-corrected chi connectivity index (χ2v) is 4.67. The highest BCUT2D eigenvalue weighted by atomic mass is 19.1. The molecule has 0 atom stereocenters. The minimum atomic E-state index is -0.193. The third kappa shape index (κ3) is 2.59. The topological polar surface area (TPSA) is 37.8 Å². The summed E-state index contributed by atoms with van der Waals surface area (Å²) in [6.45, 7) is 2.30. The first kappa shape index (κ1) is 12.5. The molecule has 1 heterocycles. The fourth-order valence-electron chi connectivity index (χ4n) is 2.03. The van der Waals surface area contributed by atoms with Crippen LogP contribution in [0.5, 0.6) is 0 Å². The second-order valence-electron chi connectivity index (χ2n) is 4.67. The van der Waals surface area contributed by atoms with Crippen molar-refractivity contribution in [1.29, 1.82) is 0 Å². The first-order valence-corrected chi connectivity index (χ1v) is 6.43. The van der Waals surface area contributed by atoms with Gasteiger partial charge in [-0.25, -0.2) is 9.37 Å². The van der Waals surface area contributed by atoms with Crippen LogP contribution in [0, 0.1) is 12.7 Å². The molecule has 0 aliphatic heterocycles. The van der Waals surface area contributed by atoms with Gasteiger partial charge in [-0.1, -0.05) is 12.1 Å². The fraction of sp³-hybridized carbons (Fsp3) is 0.125. The molecule has 2 aromatic carbocycles. The molecule has 3 nitrogen and oxygen atoms in total. The van der Waals surface area contributed by atoms with Crippen LogP contribution < -0.4 is 5.32 Å². The van der Waals surface area contributed by atoms with E-state index < -0.39 is 0 Å². The van der Waals surface area contributed by atoms with Gasteiger partial charge in [0.15, 0.2) is 0 Å². The van der Waals surface area contributed by atoms with E-state index in [0.29, 0.717) is 12.1 Å². The van der Waals surface area contributed by atoms with Crippen molar-refractivity contribution < 1.29 is 4.39 Å². The van der Waals surface area contributed by atoms with Gasteiger partial charge in [0, 0.05) is 5.69 Å². The first-order chi connectivity index (χ1) is 9.72. The van der Waals surface area contributed by atoms with Crippen LogP contribution >= 0.6 is 0 Å². The maximum atomic E-state index is 13.2. The Bertz CT molecular complexity index is 756. The molecular weight excluding hydrogens is 253 g/mol. The Morgan fingerprint density at radius 2 is 1.90 bits per heavy atom. The lowest BCUT2D eigenvalue weighted by molar-refractivity contribution is 0.618. The highest BCUT2D eigenvalue weighted by Gasteiger charge is 2.01. The molecule has 0 saturated carbocycles. The molecule has 0 unspecified atom stereocenters. The molecule has 3 aromatic rings. The molecule has 0 aliphatic carbocycles. The number of para-hydroxylation sites is 2. The average Bonchev–Trinajstić information content (AvgIpc) is 2.48. The third-order valence-corrected chi connectivity index (χ3v) is 3.13. The number of anilines is 1. The SMILES string of the molecule is Cc1cc(NCc2cnc3ccccc3n2)ccc1F. The Kier molecular flexibility index (Phi) is 3.29. The van der Waals surface area contributed by atoms with E-state index in [9.17, 15) is 4.39 Å². The number of nitrogens with one attached hydrogen (secondary N) is 1. The summed E-state index contributed by atoms with van der Waals surface area (Å²) in [5.41, 5.74) is 4.11. The van der Waals surface area contributed by atoms with Crippen LogP contribution in [0.15, 0.2) is 48.7 Å². The molecule has 1 N–H and O–H groups in total. The van der Waals surface area contributed by atoms with Crippen LogP contribution in [-0.4, -0.2) is 9.97 Å². The predicted molar refractivity (Wildman–Crippen MR) is 78.0 cm³/mol. The molecule has 0 amide bonds. The van der Waals surface area contributed by atoms with Gasteiger partial charge in [0.1, 0.15) is 5.82 Å². The molecule has 0 radical (unpaired) electrons. The van der Waals surface area contributed by atoms with E-state index in [-0.39, 0.29) is 5.82 Å². The molecule has 3 rings (SSSR count). The Morgan fingerprint density at radius 3 is 2.70 bits per heavy atom. The van der Waals surface area contributed by atoms with Crippen molar-refractivity contribution in [2.75, 3.05) is 5.32 Å². The van der Waals surface area contributed by atoms with Crippen molar-refractivity contribution in [2.24, 2.45) is 0 Å². The lowest BCUT2D eigenvalue weighted by Crippen LogP contribution is -2.03. The molecular formula is C16H14FN3. The number of hydrogen-bond donors (Lipinski definition) is 1. The quantitative estimate of drug-likeness (QED) is 0.786. The zero-order valence-corrected chi connectivity index (χ0v) is 11.1. The summed E-state index contributed by atoms with van der Waals surface area (Å²) < 4.78 is 13.2. The van der Waals surface area contributed by atoms with Crippen molar-refractivity contribution in [1.82, 2.24) is 9.97 Å². The third-order valence-electron chi connectivity index (χ3n) is 3.13. The van der Waals surface area contributed by atoms with Gasteiger partial charge in [-0.3, -0.25) is 4.98 Å². The van der Waals surface area contributed by atoms with Gasteiger partial charge < -0.3 is 5.32 Å². The molecule has 0 saturated heterocycles. The zero-order valence-electron chi connectivity index (χ0n) is 11.1. The lowest BCUT2D eigenvalue weighted by Gasteiger charge is -2.07. The van der Waals surface area contributed by atoms with Crippen LogP contribution in [-0.2, 0) is 6.54 Å². The monoisotopic (exact) mass is 267 g/mol. The minimum Gasteiger partial charge on any atom is -0.379 e. The Hall–Kier alpha value is -2.49. The summed E-state index contributed by atoms with van der Waals surface area (Å²) in [6.07, 6.45) is 1.76.